The van der Waals surface area contributed by atoms with Crippen LogP contribution >= 0.6 is 23.2 Å². The molecule has 2 rings (SSSR count). The molecule has 1 aliphatic heterocycles. The normalized spacial score (nSPS) is 16.8. The predicted molar refractivity (Wildman–Crippen MR) is 91.4 cm³/mol. The predicted octanol–water partition coefficient (Wildman–Crippen LogP) is 2.50. The van der Waals surface area contributed by atoms with Gasteiger partial charge in [0, 0.05) is 19.1 Å². The fraction of sp³-hybridized carbons (Fsp3) is 0.562. The van der Waals surface area contributed by atoms with Gasteiger partial charge < -0.3 is 20.1 Å². The number of benzene rings is 1. The second-order valence-corrected chi connectivity index (χ2v) is 6.61. The summed E-state index contributed by atoms with van der Waals surface area (Å²) in [6.45, 7) is 2.95. The number of methoxy groups -OCH3 is 1. The Balaban J connectivity index is 1.84. The monoisotopic (exact) mass is 360 g/mol. The molecule has 1 aliphatic rings. The Morgan fingerprint density at radius 1 is 1.30 bits per heavy atom. The minimum absolute atomic E-state index is 0.0162. The molecule has 1 fully saturated rings. The van der Waals surface area contributed by atoms with Crippen LogP contribution in [0.25, 0.3) is 0 Å². The first-order valence-corrected chi connectivity index (χ1v) is 8.35. The highest BCUT2D eigenvalue weighted by Gasteiger charge is 2.32. The van der Waals surface area contributed by atoms with Crippen molar-refractivity contribution in [1.29, 1.82) is 0 Å². The van der Waals surface area contributed by atoms with E-state index in [0.29, 0.717) is 28.9 Å². The van der Waals surface area contributed by atoms with Gasteiger partial charge in [-0.15, -0.1) is 0 Å². The summed E-state index contributed by atoms with van der Waals surface area (Å²) in [6, 6.07) is 5.07. The molecule has 128 valence electrons. The van der Waals surface area contributed by atoms with E-state index < -0.39 is 0 Å². The Morgan fingerprint density at radius 3 is 2.57 bits per heavy atom. The number of para-hydroxylation sites is 1. The van der Waals surface area contributed by atoms with Crippen LogP contribution < -0.4 is 15.4 Å². The number of hydrogen-bond donors (Lipinski definition) is 2. The molecule has 2 N–H and O–H groups in total. The highest BCUT2D eigenvalue weighted by atomic mass is 35.5. The number of piperidine rings is 1. The zero-order valence-corrected chi connectivity index (χ0v) is 14.7. The maximum atomic E-state index is 12.0. The van der Waals surface area contributed by atoms with Crippen LogP contribution in [0.15, 0.2) is 18.2 Å². The Labute approximate surface area is 146 Å². The standard InChI is InChI=1S/C16H22Cl2N2O3/c1-22-11-16(5-7-19-8-6-16)10-20-14(21)9-23-15-12(17)3-2-4-13(15)18/h2-4,19H,5-11H2,1H3,(H,20,21). The van der Waals surface area contributed by atoms with E-state index in [0.717, 1.165) is 25.9 Å². The first kappa shape index (κ1) is 18.3. The quantitative estimate of drug-likeness (QED) is 0.784. The summed E-state index contributed by atoms with van der Waals surface area (Å²) in [4.78, 5) is 12.0. The van der Waals surface area contributed by atoms with E-state index in [4.69, 9.17) is 32.7 Å². The fourth-order valence-corrected chi connectivity index (χ4v) is 3.24. The van der Waals surface area contributed by atoms with Gasteiger partial charge in [0.05, 0.1) is 16.7 Å². The summed E-state index contributed by atoms with van der Waals surface area (Å²) < 4.78 is 10.8. The smallest absolute Gasteiger partial charge is 0.257 e. The van der Waals surface area contributed by atoms with Gasteiger partial charge in [0.2, 0.25) is 0 Å². The number of carbonyl (C=O) groups is 1. The average molecular weight is 361 g/mol. The molecule has 0 spiro atoms. The second kappa shape index (κ2) is 8.73. The molecule has 1 amide bonds. The van der Waals surface area contributed by atoms with Crippen molar-refractivity contribution in [2.24, 2.45) is 5.41 Å². The summed E-state index contributed by atoms with van der Waals surface area (Å²) in [5, 5.41) is 7.03. The lowest BCUT2D eigenvalue weighted by Gasteiger charge is -2.37. The number of carbonyl (C=O) groups excluding carboxylic acids is 1. The van der Waals surface area contributed by atoms with Crippen molar-refractivity contribution in [1.82, 2.24) is 10.6 Å². The van der Waals surface area contributed by atoms with Crippen LogP contribution in [0.1, 0.15) is 12.8 Å². The molecule has 7 heteroatoms. The van der Waals surface area contributed by atoms with Crippen molar-refractivity contribution in [2.45, 2.75) is 12.8 Å². The van der Waals surface area contributed by atoms with Gasteiger partial charge in [-0.1, -0.05) is 29.3 Å². The highest BCUT2D eigenvalue weighted by molar-refractivity contribution is 6.37. The number of ether oxygens (including phenoxy) is 2. The van der Waals surface area contributed by atoms with E-state index in [9.17, 15) is 4.79 Å². The molecule has 0 unspecified atom stereocenters. The summed E-state index contributed by atoms with van der Waals surface area (Å²) in [5.74, 6) is 0.134. The van der Waals surface area contributed by atoms with Gasteiger partial charge in [-0.3, -0.25) is 4.79 Å². The first-order valence-electron chi connectivity index (χ1n) is 7.59. The van der Waals surface area contributed by atoms with Gasteiger partial charge in [-0.25, -0.2) is 0 Å². The third-order valence-corrected chi connectivity index (χ3v) is 4.64. The molecule has 1 heterocycles. The average Bonchev–Trinajstić information content (AvgIpc) is 2.54. The van der Waals surface area contributed by atoms with Gasteiger partial charge in [0.25, 0.3) is 5.91 Å². The minimum Gasteiger partial charge on any atom is -0.481 e. The van der Waals surface area contributed by atoms with Crippen LogP contribution in [0, 0.1) is 5.41 Å². The second-order valence-electron chi connectivity index (χ2n) is 5.80. The Bertz CT molecular complexity index is 508. The third-order valence-electron chi connectivity index (χ3n) is 4.04. The highest BCUT2D eigenvalue weighted by Crippen LogP contribution is 2.32. The minimum atomic E-state index is -0.199. The molecule has 0 radical (unpaired) electrons. The van der Waals surface area contributed by atoms with Crippen molar-refractivity contribution in [3.63, 3.8) is 0 Å². The molecule has 1 saturated heterocycles. The van der Waals surface area contributed by atoms with Gasteiger partial charge >= 0.3 is 0 Å². The molecule has 0 aliphatic carbocycles. The lowest BCUT2D eigenvalue weighted by molar-refractivity contribution is -0.124. The maximum Gasteiger partial charge on any atom is 0.257 e. The SMILES string of the molecule is COCC1(CNC(=O)COc2c(Cl)cccc2Cl)CCNCC1. The summed E-state index contributed by atoms with van der Waals surface area (Å²) >= 11 is 12.0. The van der Waals surface area contributed by atoms with Crippen LogP contribution in [-0.4, -0.2) is 45.9 Å². The first-order chi connectivity index (χ1) is 11.1. The molecule has 1 aromatic rings. The molecule has 0 atom stereocenters. The van der Waals surface area contributed by atoms with Crippen LogP contribution in [0.2, 0.25) is 10.0 Å². The van der Waals surface area contributed by atoms with Gasteiger partial charge in [-0.05, 0) is 38.1 Å². The van der Waals surface area contributed by atoms with Gasteiger partial charge in [-0.2, -0.15) is 0 Å². The number of rotatable bonds is 7. The molecule has 23 heavy (non-hydrogen) atoms. The fourth-order valence-electron chi connectivity index (χ4n) is 2.73. The van der Waals surface area contributed by atoms with Crippen molar-refractivity contribution in [2.75, 3.05) is 40.0 Å². The van der Waals surface area contributed by atoms with E-state index in [1.165, 1.54) is 0 Å². The molecule has 5 nitrogen and oxygen atoms in total. The maximum absolute atomic E-state index is 12.0. The zero-order chi connectivity index (χ0) is 16.7. The van der Waals surface area contributed by atoms with Crippen molar-refractivity contribution in [3.05, 3.63) is 28.2 Å². The summed E-state index contributed by atoms with van der Waals surface area (Å²) in [7, 11) is 1.69. The number of hydrogen-bond acceptors (Lipinski definition) is 4. The number of halogens is 2. The van der Waals surface area contributed by atoms with Gasteiger partial charge in [0.1, 0.15) is 0 Å². The molecular weight excluding hydrogens is 339 g/mol. The lowest BCUT2D eigenvalue weighted by Crippen LogP contribution is -2.47. The largest absolute Gasteiger partial charge is 0.481 e. The Kier molecular flexibility index (Phi) is 6.96. The summed E-state index contributed by atoms with van der Waals surface area (Å²) in [6.07, 6.45) is 1.94. The van der Waals surface area contributed by atoms with Crippen LogP contribution in [0.4, 0.5) is 0 Å². The van der Waals surface area contributed by atoms with E-state index in [-0.39, 0.29) is 17.9 Å². The zero-order valence-electron chi connectivity index (χ0n) is 13.2. The molecule has 1 aromatic carbocycles. The number of nitrogens with one attached hydrogen (secondary N) is 2. The molecule has 0 saturated carbocycles. The van der Waals surface area contributed by atoms with E-state index in [1.807, 2.05) is 0 Å². The van der Waals surface area contributed by atoms with Crippen LogP contribution in [0.3, 0.4) is 0 Å². The van der Waals surface area contributed by atoms with Crippen molar-refractivity contribution >= 4 is 29.1 Å². The van der Waals surface area contributed by atoms with Gasteiger partial charge in [0.15, 0.2) is 12.4 Å². The van der Waals surface area contributed by atoms with Crippen LogP contribution in [-0.2, 0) is 9.53 Å². The van der Waals surface area contributed by atoms with Crippen LogP contribution in [0.5, 0.6) is 5.75 Å². The summed E-state index contributed by atoms with van der Waals surface area (Å²) in [5.41, 5.74) is -0.0162. The van der Waals surface area contributed by atoms with E-state index in [1.54, 1.807) is 25.3 Å². The molecule has 0 bridgehead atoms. The number of amides is 1. The Morgan fingerprint density at radius 2 is 1.96 bits per heavy atom. The van der Waals surface area contributed by atoms with Crippen molar-refractivity contribution in [3.8, 4) is 5.75 Å². The van der Waals surface area contributed by atoms with Crippen molar-refractivity contribution < 1.29 is 14.3 Å². The molecular formula is C16H22Cl2N2O3. The topological polar surface area (TPSA) is 59.6 Å². The van der Waals surface area contributed by atoms with E-state index >= 15 is 0 Å². The Hall–Kier alpha value is -1.01. The third kappa shape index (κ3) is 5.24. The molecule has 0 aromatic heterocycles. The van der Waals surface area contributed by atoms with E-state index in [2.05, 4.69) is 10.6 Å². The lowest BCUT2D eigenvalue weighted by atomic mass is 9.79.